The lowest BCUT2D eigenvalue weighted by Gasteiger charge is -2.31. The average molecular weight is 474 g/mol. The van der Waals surface area contributed by atoms with Crippen molar-refractivity contribution in [1.82, 2.24) is 10.2 Å². The van der Waals surface area contributed by atoms with Crippen molar-refractivity contribution in [3.63, 3.8) is 0 Å². The molecule has 176 valence electrons. The predicted octanol–water partition coefficient (Wildman–Crippen LogP) is 4.79. The lowest BCUT2D eigenvalue weighted by Crippen LogP contribution is -2.49. The molecular formula is C28H31N3O2S. The molecule has 1 atom stereocenters. The fraction of sp³-hybridized carbons (Fsp3) is 0.357. The summed E-state index contributed by atoms with van der Waals surface area (Å²) in [5.74, 6) is -0.161. The molecule has 6 heteroatoms. The van der Waals surface area contributed by atoms with Gasteiger partial charge in [0.25, 0.3) is 5.91 Å². The molecule has 0 saturated carbocycles. The summed E-state index contributed by atoms with van der Waals surface area (Å²) in [5, 5.41) is 5.11. The van der Waals surface area contributed by atoms with Gasteiger partial charge >= 0.3 is 0 Å². The quantitative estimate of drug-likeness (QED) is 0.560. The van der Waals surface area contributed by atoms with Crippen LogP contribution in [0.3, 0.4) is 0 Å². The first kappa shape index (κ1) is 22.7. The lowest BCUT2D eigenvalue weighted by molar-refractivity contribution is -0.134. The molecule has 0 spiro atoms. The van der Waals surface area contributed by atoms with Crippen LogP contribution in [-0.2, 0) is 30.7 Å². The Labute approximate surface area is 205 Å². The van der Waals surface area contributed by atoms with Gasteiger partial charge in [0.2, 0.25) is 5.91 Å². The number of hydrogen-bond acceptors (Lipinski definition) is 4. The van der Waals surface area contributed by atoms with Gasteiger partial charge in [-0.3, -0.25) is 9.59 Å². The third-order valence-electron chi connectivity index (χ3n) is 6.93. The van der Waals surface area contributed by atoms with Crippen molar-refractivity contribution in [2.45, 2.75) is 51.7 Å². The summed E-state index contributed by atoms with van der Waals surface area (Å²) in [5.41, 5.74) is 5.73. The van der Waals surface area contributed by atoms with Crippen LogP contribution in [0.5, 0.6) is 0 Å². The van der Waals surface area contributed by atoms with Crippen LogP contribution < -0.4 is 10.2 Å². The Morgan fingerprint density at radius 2 is 1.74 bits per heavy atom. The molecule has 2 aliphatic rings. The molecule has 1 unspecified atom stereocenters. The number of nitrogens with zero attached hydrogens (tertiary/aromatic N) is 2. The number of carbonyl (C=O) groups is 2. The van der Waals surface area contributed by atoms with Crippen LogP contribution in [-0.4, -0.2) is 35.8 Å². The largest absolute Gasteiger partial charge is 0.367 e. The van der Waals surface area contributed by atoms with Crippen molar-refractivity contribution in [2.75, 3.05) is 18.0 Å². The fourth-order valence-electron chi connectivity index (χ4n) is 4.98. The molecule has 1 N–H and O–H groups in total. The van der Waals surface area contributed by atoms with Crippen LogP contribution in [0.25, 0.3) is 0 Å². The third-order valence-corrected chi connectivity index (χ3v) is 7.95. The minimum Gasteiger partial charge on any atom is -0.367 e. The van der Waals surface area contributed by atoms with E-state index >= 15 is 0 Å². The van der Waals surface area contributed by atoms with Gasteiger partial charge in [0.05, 0.1) is 0 Å². The van der Waals surface area contributed by atoms with E-state index < -0.39 is 6.04 Å². The van der Waals surface area contributed by atoms with Crippen LogP contribution in [0, 0.1) is 0 Å². The highest BCUT2D eigenvalue weighted by molar-refractivity contribution is 7.10. The third kappa shape index (κ3) is 4.73. The number of amides is 2. The molecule has 0 saturated heterocycles. The zero-order valence-corrected chi connectivity index (χ0v) is 20.4. The monoisotopic (exact) mass is 473 g/mol. The number of carbonyl (C=O) groups excluding carboxylic acids is 2. The molecule has 5 nitrogen and oxygen atoms in total. The van der Waals surface area contributed by atoms with E-state index in [1.807, 2.05) is 36.1 Å². The number of hydrogen-bond donors (Lipinski definition) is 1. The fourth-order valence-corrected chi connectivity index (χ4v) is 5.87. The molecule has 5 rings (SSSR count). The summed E-state index contributed by atoms with van der Waals surface area (Å²) < 4.78 is 0. The zero-order valence-electron chi connectivity index (χ0n) is 19.6. The Kier molecular flexibility index (Phi) is 6.68. The first-order valence-corrected chi connectivity index (χ1v) is 13.1. The normalized spacial score (nSPS) is 15.9. The van der Waals surface area contributed by atoms with Crippen molar-refractivity contribution in [1.29, 1.82) is 0 Å². The Morgan fingerprint density at radius 3 is 2.53 bits per heavy atom. The maximum Gasteiger partial charge on any atom is 0.251 e. The van der Waals surface area contributed by atoms with Gasteiger partial charge < -0.3 is 15.1 Å². The lowest BCUT2D eigenvalue weighted by atomic mass is 9.99. The molecule has 2 amide bonds. The number of thiophene rings is 1. The molecule has 0 radical (unpaired) electrons. The minimum absolute atomic E-state index is 0.0238. The first-order valence-electron chi connectivity index (χ1n) is 12.2. The number of rotatable bonds is 6. The van der Waals surface area contributed by atoms with Gasteiger partial charge in [0.15, 0.2) is 0 Å². The number of nitrogens with one attached hydrogen (secondary N) is 1. The molecule has 3 heterocycles. The van der Waals surface area contributed by atoms with Crippen molar-refractivity contribution in [3.8, 4) is 0 Å². The van der Waals surface area contributed by atoms with Gasteiger partial charge in [-0.05, 0) is 71.7 Å². The Balaban J connectivity index is 1.23. The Hall–Kier alpha value is -3.12. The summed E-state index contributed by atoms with van der Waals surface area (Å²) in [6.45, 7) is 5.26. The SMILES string of the molecule is CCCC(NC(=O)c1ccc(N2CCc3ccccc3C2)cc1)C(=O)N1CCc2sccc2C1. The van der Waals surface area contributed by atoms with Gasteiger partial charge in [-0.25, -0.2) is 0 Å². The standard InChI is InChI=1S/C28H31N3O2S/c1-2-5-25(28(33)31-16-13-26-23(19-31)14-17-34-26)29-27(32)21-8-10-24(11-9-21)30-15-12-20-6-3-4-7-22(20)18-30/h3-4,6-11,14,17,25H,2,5,12-13,15-16,18-19H2,1H3,(H,29,32). The minimum atomic E-state index is -0.490. The Bertz CT molecular complexity index is 1170. The van der Waals surface area contributed by atoms with Crippen molar-refractivity contribution in [3.05, 3.63) is 87.1 Å². The van der Waals surface area contributed by atoms with Gasteiger partial charge in [-0.2, -0.15) is 0 Å². The first-order chi connectivity index (χ1) is 16.6. The molecule has 0 fully saturated rings. The molecule has 0 aliphatic carbocycles. The molecular weight excluding hydrogens is 442 g/mol. The van der Waals surface area contributed by atoms with Crippen LogP contribution in [0.4, 0.5) is 5.69 Å². The summed E-state index contributed by atoms with van der Waals surface area (Å²) >= 11 is 1.76. The summed E-state index contributed by atoms with van der Waals surface area (Å²) in [6.07, 6.45) is 3.41. The summed E-state index contributed by atoms with van der Waals surface area (Å²) in [7, 11) is 0. The van der Waals surface area contributed by atoms with Crippen LogP contribution in [0.1, 0.15) is 51.7 Å². The van der Waals surface area contributed by atoms with E-state index in [-0.39, 0.29) is 11.8 Å². The van der Waals surface area contributed by atoms with Gasteiger partial charge in [0, 0.05) is 42.3 Å². The van der Waals surface area contributed by atoms with Crippen molar-refractivity contribution < 1.29 is 9.59 Å². The molecule has 34 heavy (non-hydrogen) atoms. The maximum absolute atomic E-state index is 13.3. The highest BCUT2D eigenvalue weighted by atomic mass is 32.1. The van der Waals surface area contributed by atoms with Gasteiger partial charge in [-0.1, -0.05) is 37.6 Å². The predicted molar refractivity (Wildman–Crippen MR) is 137 cm³/mol. The molecule has 2 aromatic carbocycles. The smallest absolute Gasteiger partial charge is 0.251 e. The number of anilines is 1. The molecule has 2 aliphatic heterocycles. The van der Waals surface area contributed by atoms with E-state index in [0.717, 1.165) is 44.6 Å². The summed E-state index contributed by atoms with van der Waals surface area (Å²) in [6, 6.07) is 18.0. The second-order valence-corrected chi connectivity index (χ2v) is 10.2. The number of benzene rings is 2. The molecule has 0 bridgehead atoms. The zero-order chi connectivity index (χ0) is 23.5. The second kappa shape index (κ2) is 10.0. The average Bonchev–Trinajstić information content (AvgIpc) is 3.36. The van der Waals surface area contributed by atoms with E-state index in [4.69, 9.17) is 0 Å². The highest BCUT2D eigenvalue weighted by Gasteiger charge is 2.28. The maximum atomic E-state index is 13.3. The second-order valence-electron chi connectivity index (χ2n) is 9.18. The summed E-state index contributed by atoms with van der Waals surface area (Å²) in [4.78, 5) is 31.9. The van der Waals surface area contributed by atoms with E-state index in [9.17, 15) is 9.59 Å². The molecule has 3 aromatic rings. The van der Waals surface area contributed by atoms with E-state index in [0.29, 0.717) is 18.5 Å². The van der Waals surface area contributed by atoms with E-state index in [1.54, 1.807) is 11.3 Å². The number of fused-ring (bicyclic) bond motifs is 2. The molecule has 1 aromatic heterocycles. The van der Waals surface area contributed by atoms with Gasteiger partial charge in [0.1, 0.15) is 6.04 Å². The topological polar surface area (TPSA) is 52.7 Å². The van der Waals surface area contributed by atoms with Crippen LogP contribution in [0.15, 0.2) is 60.0 Å². The van der Waals surface area contributed by atoms with Crippen molar-refractivity contribution >= 4 is 28.8 Å². The van der Waals surface area contributed by atoms with Crippen molar-refractivity contribution in [2.24, 2.45) is 0 Å². The van der Waals surface area contributed by atoms with E-state index in [1.165, 1.54) is 21.6 Å². The van der Waals surface area contributed by atoms with E-state index in [2.05, 4.69) is 45.9 Å². The highest BCUT2D eigenvalue weighted by Crippen LogP contribution is 2.26. The Morgan fingerprint density at radius 1 is 0.941 bits per heavy atom. The van der Waals surface area contributed by atoms with Gasteiger partial charge in [-0.15, -0.1) is 11.3 Å². The van der Waals surface area contributed by atoms with Crippen LogP contribution in [0.2, 0.25) is 0 Å². The van der Waals surface area contributed by atoms with Crippen LogP contribution >= 0.6 is 11.3 Å².